The van der Waals surface area contributed by atoms with Gasteiger partial charge in [0.2, 0.25) is 10.0 Å². The van der Waals surface area contributed by atoms with Crippen molar-refractivity contribution in [3.8, 4) is 11.5 Å². The molecule has 8 heteroatoms. The number of nitrogens with zero attached hydrogens (tertiary/aromatic N) is 1. The van der Waals surface area contributed by atoms with E-state index < -0.39 is 16.1 Å². The van der Waals surface area contributed by atoms with Crippen LogP contribution in [-0.4, -0.2) is 39.8 Å². The lowest BCUT2D eigenvalue weighted by Gasteiger charge is -2.35. The van der Waals surface area contributed by atoms with Gasteiger partial charge >= 0.3 is 0 Å². The highest BCUT2D eigenvalue weighted by molar-refractivity contribution is 7.92. The zero-order chi connectivity index (χ0) is 22.8. The van der Waals surface area contributed by atoms with Crippen LogP contribution in [0, 0.1) is 0 Å². The van der Waals surface area contributed by atoms with E-state index in [2.05, 4.69) is 26.1 Å². The molecule has 0 spiro atoms. The van der Waals surface area contributed by atoms with Gasteiger partial charge in [-0.25, -0.2) is 8.42 Å². The number of anilines is 1. The topological polar surface area (TPSA) is 84.9 Å². The summed E-state index contributed by atoms with van der Waals surface area (Å²) in [5.41, 5.74) is 2.21. The highest BCUT2D eigenvalue weighted by atomic mass is 32.2. The molecule has 1 N–H and O–H groups in total. The summed E-state index contributed by atoms with van der Waals surface area (Å²) >= 11 is 0. The standard InChI is InChI=1S/C23H30N2O5S/c1-6-29-18-10-7-16(8-11-18)14-24-22(26)21-15-25(31(5,27)28)19-13-17(23(2,3)4)9-12-20(19)30-21/h7-13,21H,6,14-15H2,1-5H3,(H,24,26). The first-order chi connectivity index (χ1) is 14.5. The minimum atomic E-state index is -3.59. The Hall–Kier alpha value is -2.74. The predicted molar refractivity (Wildman–Crippen MR) is 121 cm³/mol. The number of rotatable bonds is 6. The molecule has 1 aliphatic heterocycles. The summed E-state index contributed by atoms with van der Waals surface area (Å²) in [6.45, 7) is 8.90. The quantitative estimate of drug-likeness (QED) is 0.736. The Kier molecular flexibility index (Phi) is 6.50. The van der Waals surface area contributed by atoms with Crippen LogP contribution in [0.1, 0.15) is 38.8 Å². The third-order valence-corrected chi connectivity index (χ3v) is 6.23. The fourth-order valence-corrected chi connectivity index (χ4v) is 4.25. The maximum absolute atomic E-state index is 12.8. The van der Waals surface area contributed by atoms with E-state index in [0.29, 0.717) is 24.6 Å². The largest absolute Gasteiger partial charge is 0.494 e. The fraction of sp³-hybridized carbons (Fsp3) is 0.435. The lowest BCUT2D eigenvalue weighted by atomic mass is 9.86. The van der Waals surface area contributed by atoms with Crippen molar-refractivity contribution >= 4 is 21.6 Å². The Morgan fingerprint density at radius 1 is 1.19 bits per heavy atom. The molecule has 0 radical (unpaired) electrons. The maximum atomic E-state index is 12.8. The van der Waals surface area contributed by atoms with E-state index in [1.807, 2.05) is 43.3 Å². The molecular formula is C23H30N2O5S. The summed E-state index contributed by atoms with van der Waals surface area (Å²) in [7, 11) is -3.59. The molecular weight excluding hydrogens is 416 g/mol. The molecule has 168 valence electrons. The molecule has 7 nitrogen and oxygen atoms in total. The van der Waals surface area contributed by atoms with Gasteiger partial charge in [-0.05, 0) is 47.7 Å². The number of hydrogen-bond donors (Lipinski definition) is 1. The highest BCUT2D eigenvalue weighted by Gasteiger charge is 2.35. The van der Waals surface area contributed by atoms with Crippen LogP contribution >= 0.6 is 0 Å². The number of carbonyl (C=O) groups is 1. The van der Waals surface area contributed by atoms with Gasteiger partial charge in [-0.2, -0.15) is 0 Å². The van der Waals surface area contributed by atoms with E-state index in [9.17, 15) is 13.2 Å². The highest BCUT2D eigenvalue weighted by Crippen LogP contribution is 2.38. The molecule has 1 heterocycles. The van der Waals surface area contributed by atoms with Crippen molar-refractivity contribution in [2.45, 2.75) is 45.8 Å². The van der Waals surface area contributed by atoms with Crippen molar-refractivity contribution in [2.24, 2.45) is 0 Å². The van der Waals surface area contributed by atoms with E-state index in [-0.39, 0.29) is 17.9 Å². The average Bonchev–Trinajstić information content (AvgIpc) is 2.70. The minimum Gasteiger partial charge on any atom is -0.494 e. The summed E-state index contributed by atoms with van der Waals surface area (Å²) in [6, 6.07) is 12.9. The molecule has 1 atom stereocenters. The Bertz CT molecular complexity index is 1040. The Labute approximate surface area is 184 Å². The zero-order valence-corrected chi connectivity index (χ0v) is 19.5. The maximum Gasteiger partial charge on any atom is 0.263 e. The Balaban J connectivity index is 1.76. The Morgan fingerprint density at radius 3 is 2.45 bits per heavy atom. The summed E-state index contributed by atoms with van der Waals surface area (Å²) in [5.74, 6) is 0.780. The molecule has 31 heavy (non-hydrogen) atoms. The van der Waals surface area contributed by atoms with Gasteiger partial charge in [0.15, 0.2) is 6.10 Å². The first kappa shape index (κ1) is 22.9. The molecule has 0 fully saturated rings. The second-order valence-electron chi connectivity index (χ2n) is 8.63. The van der Waals surface area contributed by atoms with Gasteiger partial charge in [0.05, 0.1) is 25.1 Å². The molecule has 1 aliphatic rings. The van der Waals surface area contributed by atoms with Gasteiger partial charge < -0.3 is 14.8 Å². The van der Waals surface area contributed by atoms with Crippen LogP contribution in [0.3, 0.4) is 0 Å². The average molecular weight is 447 g/mol. The fourth-order valence-electron chi connectivity index (χ4n) is 3.34. The number of ether oxygens (including phenoxy) is 2. The summed E-state index contributed by atoms with van der Waals surface area (Å²) in [4.78, 5) is 12.8. The van der Waals surface area contributed by atoms with Crippen LogP contribution in [0.25, 0.3) is 0 Å². The number of hydrogen-bond acceptors (Lipinski definition) is 5. The van der Waals surface area contributed by atoms with Gasteiger partial charge in [0, 0.05) is 6.54 Å². The van der Waals surface area contributed by atoms with Crippen LogP contribution < -0.4 is 19.1 Å². The third kappa shape index (κ3) is 5.50. The molecule has 0 aromatic heterocycles. The number of carbonyl (C=O) groups excluding carboxylic acids is 1. The van der Waals surface area contributed by atoms with Crippen molar-refractivity contribution in [2.75, 3.05) is 23.7 Å². The van der Waals surface area contributed by atoms with Crippen molar-refractivity contribution < 1.29 is 22.7 Å². The molecule has 1 unspecified atom stereocenters. The van der Waals surface area contributed by atoms with E-state index in [4.69, 9.17) is 9.47 Å². The van der Waals surface area contributed by atoms with Crippen molar-refractivity contribution in [1.29, 1.82) is 0 Å². The van der Waals surface area contributed by atoms with E-state index >= 15 is 0 Å². The molecule has 0 bridgehead atoms. The molecule has 3 rings (SSSR count). The number of nitrogens with one attached hydrogen (secondary N) is 1. The summed E-state index contributed by atoms with van der Waals surface area (Å²) in [6.07, 6.45) is 0.200. The van der Waals surface area contributed by atoms with Crippen LogP contribution in [0.4, 0.5) is 5.69 Å². The molecule has 0 saturated heterocycles. The first-order valence-electron chi connectivity index (χ1n) is 10.3. The molecule has 0 aliphatic carbocycles. The minimum absolute atomic E-state index is 0.0749. The number of fused-ring (bicyclic) bond motifs is 1. The van der Waals surface area contributed by atoms with Crippen LogP contribution in [0.5, 0.6) is 11.5 Å². The van der Waals surface area contributed by atoms with Crippen LogP contribution in [-0.2, 0) is 26.8 Å². The molecule has 1 amide bonds. The predicted octanol–water partition coefficient (Wildman–Crippen LogP) is 3.23. The number of benzene rings is 2. The number of amides is 1. The third-order valence-electron chi connectivity index (χ3n) is 5.09. The van der Waals surface area contributed by atoms with Gasteiger partial charge in [-0.3, -0.25) is 9.10 Å². The monoisotopic (exact) mass is 446 g/mol. The number of sulfonamides is 1. The van der Waals surface area contributed by atoms with E-state index in [1.54, 1.807) is 6.07 Å². The smallest absolute Gasteiger partial charge is 0.263 e. The van der Waals surface area contributed by atoms with Gasteiger partial charge in [0.25, 0.3) is 5.91 Å². The second-order valence-corrected chi connectivity index (χ2v) is 10.5. The second kappa shape index (κ2) is 8.78. The SMILES string of the molecule is CCOc1ccc(CNC(=O)C2CN(S(C)(=O)=O)c3cc(C(C)(C)C)ccc3O2)cc1. The summed E-state index contributed by atoms with van der Waals surface area (Å²) < 4.78 is 37.5. The Morgan fingerprint density at radius 2 is 1.87 bits per heavy atom. The molecule has 2 aromatic rings. The lowest BCUT2D eigenvalue weighted by molar-refractivity contribution is -0.127. The van der Waals surface area contributed by atoms with Crippen LogP contribution in [0.2, 0.25) is 0 Å². The van der Waals surface area contributed by atoms with Gasteiger partial charge in [-0.15, -0.1) is 0 Å². The lowest BCUT2D eigenvalue weighted by Crippen LogP contribution is -2.50. The van der Waals surface area contributed by atoms with Crippen LogP contribution in [0.15, 0.2) is 42.5 Å². The summed E-state index contributed by atoms with van der Waals surface area (Å²) in [5, 5.41) is 2.83. The van der Waals surface area contributed by atoms with Crippen molar-refractivity contribution in [3.63, 3.8) is 0 Å². The van der Waals surface area contributed by atoms with E-state index in [1.165, 1.54) is 4.31 Å². The molecule has 0 saturated carbocycles. The normalized spacial score (nSPS) is 16.3. The van der Waals surface area contributed by atoms with Gasteiger partial charge in [-0.1, -0.05) is 39.0 Å². The van der Waals surface area contributed by atoms with E-state index in [0.717, 1.165) is 23.1 Å². The van der Waals surface area contributed by atoms with Crippen molar-refractivity contribution in [1.82, 2.24) is 5.32 Å². The first-order valence-corrected chi connectivity index (χ1v) is 12.1. The zero-order valence-electron chi connectivity index (χ0n) is 18.6. The van der Waals surface area contributed by atoms with Gasteiger partial charge in [0.1, 0.15) is 11.5 Å². The van der Waals surface area contributed by atoms with Crippen molar-refractivity contribution in [3.05, 3.63) is 53.6 Å². The molecule has 2 aromatic carbocycles.